The van der Waals surface area contributed by atoms with E-state index in [1.54, 1.807) is 6.08 Å². The molecule has 23 heavy (non-hydrogen) atoms. The lowest BCUT2D eigenvalue weighted by Gasteiger charge is -2.19. The van der Waals surface area contributed by atoms with Gasteiger partial charge in [0, 0.05) is 20.2 Å². The number of hydrogen-bond acceptors (Lipinski definition) is 5. The zero-order valence-corrected chi connectivity index (χ0v) is 14.4. The van der Waals surface area contributed by atoms with Crippen LogP contribution in [0.1, 0.15) is 20.8 Å². The predicted octanol–water partition coefficient (Wildman–Crippen LogP) is 3.73. The van der Waals surface area contributed by atoms with Crippen LogP contribution in [0, 0.1) is 5.41 Å². The predicted molar refractivity (Wildman–Crippen MR) is 98.7 cm³/mol. The molecule has 0 saturated heterocycles. The maximum atomic E-state index is 7.88. The molecule has 0 spiro atoms. The fourth-order valence-electron chi connectivity index (χ4n) is 2.36. The summed E-state index contributed by atoms with van der Waals surface area (Å²) in [6, 6.07) is 3.75. The summed E-state index contributed by atoms with van der Waals surface area (Å²) in [5, 5.41) is 7.88. The van der Waals surface area contributed by atoms with Gasteiger partial charge in [0.05, 0.1) is 35.1 Å². The lowest BCUT2D eigenvalue weighted by Crippen LogP contribution is -2.12. The van der Waals surface area contributed by atoms with E-state index in [1.165, 1.54) is 0 Å². The van der Waals surface area contributed by atoms with Gasteiger partial charge in [0.15, 0.2) is 0 Å². The van der Waals surface area contributed by atoms with Gasteiger partial charge in [0.2, 0.25) is 0 Å². The van der Waals surface area contributed by atoms with Crippen LogP contribution < -0.4 is 15.4 Å². The summed E-state index contributed by atoms with van der Waals surface area (Å²) in [7, 11) is 3.91. The Bertz CT molecular complexity index is 727. The molecule has 0 saturated carbocycles. The van der Waals surface area contributed by atoms with Crippen LogP contribution in [0.25, 0.3) is 0 Å². The van der Waals surface area contributed by atoms with Crippen molar-refractivity contribution in [2.24, 2.45) is 4.99 Å². The van der Waals surface area contributed by atoms with E-state index in [-0.39, 0.29) is 0 Å². The second-order valence-corrected chi connectivity index (χ2v) is 5.70. The summed E-state index contributed by atoms with van der Waals surface area (Å²) in [5.41, 5.74) is 11.7. The number of nitrogen functional groups attached to an aromatic ring is 1. The molecule has 1 aliphatic carbocycles. The lowest BCUT2D eigenvalue weighted by atomic mass is 9.96. The SMILES string of the molecule is CCOc1cc(N=C2C=CC(=N)C(C)=C2C)c(N(C)C)cc1N. The Kier molecular flexibility index (Phi) is 4.89. The van der Waals surface area contributed by atoms with Crippen molar-refractivity contribution in [3.8, 4) is 5.75 Å². The summed E-state index contributed by atoms with van der Waals surface area (Å²) in [6.45, 7) is 6.41. The second-order valence-electron chi connectivity index (χ2n) is 5.70. The van der Waals surface area contributed by atoms with Gasteiger partial charge in [-0.3, -0.25) is 0 Å². The molecular weight excluding hydrogens is 288 g/mol. The van der Waals surface area contributed by atoms with Crippen molar-refractivity contribution in [2.45, 2.75) is 20.8 Å². The third-order valence-corrected chi connectivity index (χ3v) is 3.89. The zero-order chi connectivity index (χ0) is 17.1. The zero-order valence-electron chi connectivity index (χ0n) is 14.4. The van der Waals surface area contributed by atoms with Crippen LogP contribution in [0.15, 0.2) is 40.4 Å². The molecule has 0 bridgehead atoms. The fourth-order valence-corrected chi connectivity index (χ4v) is 2.36. The van der Waals surface area contributed by atoms with Gasteiger partial charge >= 0.3 is 0 Å². The Morgan fingerprint density at radius 2 is 1.87 bits per heavy atom. The van der Waals surface area contributed by atoms with Crippen LogP contribution in [-0.4, -0.2) is 32.1 Å². The van der Waals surface area contributed by atoms with Crippen LogP contribution in [0.3, 0.4) is 0 Å². The monoisotopic (exact) mass is 312 g/mol. The van der Waals surface area contributed by atoms with Crippen molar-refractivity contribution in [2.75, 3.05) is 31.3 Å². The van der Waals surface area contributed by atoms with E-state index in [0.717, 1.165) is 28.2 Å². The smallest absolute Gasteiger partial charge is 0.144 e. The van der Waals surface area contributed by atoms with E-state index < -0.39 is 0 Å². The molecule has 0 unspecified atom stereocenters. The summed E-state index contributed by atoms with van der Waals surface area (Å²) >= 11 is 0. The van der Waals surface area contributed by atoms with Gasteiger partial charge < -0.3 is 20.8 Å². The number of aliphatic imine (C=N–C) groups is 1. The number of benzene rings is 1. The van der Waals surface area contributed by atoms with Crippen LogP contribution in [0.2, 0.25) is 0 Å². The summed E-state index contributed by atoms with van der Waals surface area (Å²) < 4.78 is 5.59. The highest BCUT2D eigenvalue weighted by molar-refractivity contribution is 6.23. The Balaban J connectivity index is 2.58. The number of nitrogens with zero attached hydrogens (tertiary/aromatic N) is 2. The molecule has 5 nitrogen and oxygen atoms in total. The van der Waals surface area contributed by atoms with Gasteiger partial charge in [-0.1, -0.05) is 0 Å². The maximum Gasteiger partial charge on any atom is 0.144 e. The second kappa shape index (κ2) is 6.69. The Morgan fingerprint density at radius 1 is 1.17 bits per heavy atom. The van der Waals surface area contributed by atoms with Crippen molar-refractivity contribution in [3.05, 3.63) is 35.4 Å². The summed E-state index contributed by atoms with van der Waals surface area (Å²) in [4.78, 5) is 6.77. The molecule has 0 aliphatic heterocycles. The molecule has 5 heteroatoms. The van der Waals surface area contributed by atoms with Crippen molar-refractivity contribution >= 4 is 28.5 Å². The van der Waals surface area contributed by atoms with E-state index >= 15 is 0 Å². The van der Waals surface area contributed by atoms with E-state index in [9.17, 15) is 0 Å². The molecule has 2 rings (SSSR count). The molecule has 0 amide bonds. The molecule has 1 aromatic carbocycles. The highest BCUT2D eigenvalue weighted by atomic mass is 16.5. The minimum Gasteiger partial charge on any atom is -0.492 e. The molecule has 0 atom stereocenters. The van der Waals surface area contributed by atoms with Gasteiger partial charge in [-0.05, 0) is 50.1 Å². The van der Waals surface area contributed by atoms with Gasteiger partial charge in [0.1, 0.15) is 5.75 Å². The Morgan fingerprint density at radius 3 is 2.48 bits per heavy atom. The molecule has 0 fully saturated rings. The molecule has 0 aromatic heterocycles. The van der Waals surface area contributed by atoms with E-state index in [2.05, 4.69) is 0 Å². The minimum atomic E-state index is 0.529. The molecule has 0 radical (unpaired) electrons. The van der Waals surface area contributed by atoms with Crippen LogP contribution >= 0.6 is 0 Å². The normalized spacial score (nSPS) is 16.2. The number of ether oxygens (including phenoxy) is 1. The van der Waals surface area contributed by atoms with Gasteiger partial charge in [-0.15, -0.1) is 0 Å². The van der Waals surface area contributed by atoms with E-state index in [1.807, 2.05) is 58.0 Å². The van der Waals surface area contributed by atoms with Crippen molar-refractivity contribution < 1.29 is 4.74 Å². The quantitative estimate of drug-likeness (QED) is 0.657. The van der Waals surface area contributed by atoms with Crippen molar-refractivity contribution in [1.29, 1.82) is 5.41 Å². The molecule has 122 valence electrons. The van der Waals surface area contributed by atoms with Gasteiger partial charge in [-0.25, -0.2) is 4.99 Å². The first-order valence-corrected chi connectivity index (χ1v) is 7.62. The fraction of sp³-hybridized carbons (Fsp3) is 0.333. The topological polar surface area (TPSA) is 74.7 Å². The summed E-state index contributed by atoms with van der Waals surface area (Å²) in [5.74, 6) is 0.642. The molecule has 0 heterocycles. The number of nitrogens with one attached hydrogen (secondary N) is 1. The molecule has 3 N–H and O–H groups in total. The van der Waals surface area contributed by atoms with Gasteiger partial charge in [-0.2, -0.15) is 0 Å². The van der Waals surface area contributed by atoms with Gasteiger partial charge in [0.25, 0.3) is 0 Å². The summed E-state index contributed by atoms with van der Waals surface area (Å²) in [6.07, 6.45) is 3.65. The highest BCUT2D eigenvalue weighted by Gasteiger charge is 2.15. The first-order valence-electron chi connectivity index (χ1n) is 7.62. The third kappa shape index (κ3) is 3.44. The average molecular weight is 312 g/mol. The van der Waals surface area contributed by atoms with Crippen LogP contribution in [-0.2, 0) is 0 Å². The lowest BCUT2D eigenvalue weighted by molar-refractivity contribution is 0.342. The van der Waals surface area contributed by atoms with Crippen molar-refractivity contribution in [1.82, 2.24) is 0 Å². The Hall–Kier alpha value is -2.56. The Labute approximate surface area is 137 Å². The molecule has 1 aromatic rings. The van der Waals surface area contributed by atoms with Crippen LogP contribution in [0.5, 0.6) is 5.75 Å². The number of allylic oxidation sites excluding steroid dienone is 4. The number of rotatable bonds is 4. The van der Waals surface area contributed by atoms with E-state index in [4.69, 9.17) is 20.9 Å². The van der Waals surface area contributed by atoms with Crippen LogP contribution in [0.4, 0.5) is 17.1 Å². The minimum absolute atomic E-state index is 0.529. The third-order valence-electron chi connectivity index (χ3n) is 3.89. The largest absolute Gasteiger partial charge is 0.492 e. The molecule has 1 aliphatic rings. The standard InChI is InChI=1S/C18H24N4O/c1-6-23-18-10-16(17(22(4)5)9-14(18)20)21-15-8-7-13(19)11(2)12(15)3/h7-10,19H,6,20H2,1-5H3. The highest BCUT2D eigenvalue weighted by Crippen LogP contribution is 2.37. The van der Waals surface area contributed by atoms with E-state index in [0.29, 0.717) is 23.8 Å². The number of nitrogens with two attached hydrogens (primary N) is 1. The maximum absolute atomic E-state index is 7.88. The van der Waals surface area contributed by atoms with Crippen molar-refractivity contribution in [3.63, 3.8) is 0 Å². The average Bonchev–Trinajstić information content (AvgIpc) is 2.50. The number of hydrogen-bond donors (Lipinski definition) is 2. The first-order chi connectivity index (χ1) is 10.8. The molecular formula is C18H24N4O. The number of anilines is 2. The first kappa shape index (κ1) is 16.8.